The van der Waals surface area contributed by atoms with Crippen LogP contribution in [0.1, 0.15) is 48.6 Å². The van der Waals surface area contributed by atoms with Crippen molar-refractivity contribution in [3.63, 3.8) is 0 Å². The lowest BCUT2D eigenvalue weighted by Crippen LogP contribution is -2.47. The number of nitrogens with two attached hydrogens (primary N) is 1. The summed E-state index contributed by atoms with van der Waals surface area (Å²) in [5.74, 6) is 0.00271. The minimum atomic E-state index is -4.65. The molecular formula is C24H21Cl3F3N5O. The third kappa shape index (κ3) is 5.05. The normalized spacial score (nSPS) is 16.4. The molecule has 6 nitrogen and oxygen atoms in total. The number of hydrogen-bond acceptors (Lipinski definition) is 6. The van der Waals surface area contributed by atoms with E-state index in [1.54, 1.807) is 11.8 Å². The number of ether oxygens (including phenoxy) is 1. The Kier molecular flexibility index (Phi) is 7.28. The Balaban J connectivity index is 1.69. The largest absolute Gasteiger partial charge is 0.484 e. The maximum absolute atomic E-state index is 13.9. The zero-order valence-corrected chi connectivity index (χ0v) is 21.4. The highest BCUT2D eigenvalue weighted by molar-refractivity contribution is 6.36. The minimum absolute atomic E-state index is 0.0417. The molecule has 3 N–H and O–H groups in total. The predicted molar refractivity (Wildman–Crippen MR) is 136 cm³/mol. The SMILES string of the molecule is C[C@@H]1CCN1c1ncc(C(=N)c2cc(O[C@H](C)c3c(Cl)cncc3Cl)c(Cl)cc2N)cc1C(F)(F)F. The van der Waals surface area contributed by atoms with Crippen molar-refractivity contribution in [3.05, 3.63) is 74.1 Å². The van der Waals surface area contributed by atoms with Crippen LogP contribution in [0.3, 0.4) is 0 Å². The second-order valence-corrected chi connectivity index (χ2v) is 9.67. The van der Waals surface area contributed by atoms with Crippen molar-refractivity contribution in [2.75, 3.05) is 17.2 Å². The average molecular weight is 559 g/mol. The summed E-state index contributed by atoms with van der Waals surface area (Å²) in [7, 11) is 0. The first kappa shape index (κ1) is 26.3. The predicted octanol–water partition coefficient (Wildman–Crippen LogP) is 7.19. The van der Waals surface area contributed by atoms with Gasteiger partial charge >= 0.3 is 6.18 Å². The van der Waals surface area contributed by atoms with Gasteiger partial charge in [-0.3, -0.25) is 10.4 Å². The van der Waals surface area contributed by atoms with Crippen LogP contribution in [0.5, 0.6) is 5.75 Å². The van der Waals surface area contributed by atoms with Gasteiger partial charge in [-0.15, -0.1) is 0 Å². The van der Waals surface area contributed by atoms with Crippen LogP contribution < -0.4 is 15.4 Å². The first-order valence-corrected chi connectivity index (χ1v) is 12.0. The quantitative estimate of drug-likeness (QED) is 0.247. The third-order valence-electron chi connectivity index (χ3n) is 6.03. The lowest BCUT2D eigenvalue weighted by Gasteiger charge is -2.40. The molecule has 1 fully saturated rings. The molecule has 4 rings (SSSR count). The van der Waals surface area contributed by atoms with E-state index in [1.807, 2.05) is 6.92 Å². The molecule has 3 aromatic rings. The van der Waals surface area contributed by atoms with Crippen molar-refractivity contribution in [1.29, 1.82) is 5.41 Å². The van der Waals surface area contributed by atoms with Crippen molar-refractivity contribution in [2.45, 2.75) is 38.6 Å². The Bertz CT molecular complexity index is 1310. The summed E-state index contributed by atoms with van der Waals surface area (Å²) in [5, 5.41) is 9.35. The molecule has 1 aliphatic rings. The van der Waals surface area contributed by atoms with Crippen LogP contribution in [0, 0.1) is 5.41 Å². The zero-order valence-electron chi connectivity index (χ0n) is 19.1. The van der Waals surface area contributed by atoms with E-state index in [2.05, 4.69) is 9.97 Å². The molecule has 36 heavy (non-hydrogen) atoms. The molecule has 2 aromatic heterocycles. The summed E-state index contributed by atoms with van der Waals surface area (Å²) in [5.41, 5.74) is 5.58. The van der Waals surface area contributed by atoms with Gasteiger partial charge in [0.1, 0.15) is 17.7 Å². The molecule has 0 amide bonds. The van der Waals surface area contributed by atoms with E-state index in [0.29, 0.717) is 12.1 Å². The molecule has 12 heteroatoms. The zero-order chi connectivity index (χ0) is 26.4. The first-order valence-electron chi connectivity index (χ1n) is 10.9. The van der Waals surface area contributed by atoms with Crippen LogP contribution in [0.15, 0.2) is 36.8 Å². The van der Waals surface area contributed by atoms with E-state index in [-0.39, 0.29) is 55.2 Å². The molecule has 1 saturated heterocycles. The number of alkyl halides is 3. The highest BCUT2D eigenvalue weighted by Crippen LogP contribution is 2.40. The number of hydrogen-bond donors (Lipinski definition) is 2. The van der Waals surface area contributed by atoms with E-state index in [0.717, 1.165) is 12.5 Å². The number of nitrogens with one attached hydrogen (secondary N) is 1. The second kappa shape index (κ2) is 9.95. The van der Waals surface area contributed by atoms with Crippen molar-refractivity contribution in [2.24, 2.45) is 0 Å². The van der Waals surface area contributed by atoms with E-state index in [1.165, 1.54) is 30.7 Å². The topological polar surface area (TPSA) is 88.1 Å². The first-order chi connectivity index (χ1) is 16.9. The fourth-order valence-electron chi connectivity index (χ4n) is 3.95. The molecule has 190 valence electrons. The lowest BCUT2D eigenvalue weighted by atomic mass is 9.99. The average Bonchev–Trinajstić information content (AvgIpc) is 2.79. The van der Waals surface area contributed by atoms with Crippen LogP contribution in [-0.2, 0) is 6.18 Å². The van der Waals surface area contributed by atoms with Gasteiger partial charge < -0.3 is 15.4 Å². The number of anilines is 2. The van der Waals surface area contributed by atoms with Crippen molar-refractivity contribution in [1.82, 2.24) is 9.97 Å². The summed E-state index contributed by atoms with van der Waals surface area (Å²) in [6.07, 6.45) is -0.436. The molecule has 1 aliphatic heterocycles. The van der Waals surface area contributed by atoms with Crippen LogP contribution in [0.25, 0.3) is 0 Å². The number of rotatable bonds is 6. The molecule has 1 aromatic carbocycles. The minimum Gasteiger partial charge on any atom is -0.484 e. The van der Waals surface area contributed by atoms with Crippen LogP contribution >= 0.6 is 34.8 Å². The summed E-state index contributed by atoms with van der Waals surface area (Å²) in [6, 6.07) is 3.65. The molecular weight excluding hydrogens is 538 g/mol. The van der Waals surface area contributed by atoms with Gasteiger partial charge in [-0.2, -0.15) is 13.2 Å². The van der Waals surface area contributed by atoms with Gasteiger partial charge in [-0.25, -0.2) is 4.98 Å². The number of nitrogens with zero attached hydrogens (tertiary/aromatic N) is 3. The summed E-state index contributed by atoms with van der Waals surface area (Å²) < 4.78 is 47.6. The van der Waals surface area contributed by atoms with Gasteiger partial charge in [0.25, 0.3) is 0 Å². The second-order valence-electron chi connectivity index (χ2n) is 8.45. The van der Waals surface area contributed by atoms with Gasteiger partial charge in [0, 0.05) is 53.6 Å². The van der Waals surface area contributed by atoms with Crippen molar-refractivity contribution >= 4 is 52.0 Å². The van der Waals surface area contributed by atoms with Crippen LogP contribution in [0.2, 0.25) is 15.1 Å². The van der Waals surface area contributed by atoms with E-state index in [9.17, 15) is 13.2 Å². The molecule has 3 heterocycles. The third-order valence-corrected chi connectivity index (χ3v) is 6.92. The smallest absolute Gasteiger partial charge is 0.419 e. The molecule has 0 aliphatic carbocycles. The summed E-state index contributed by atoms with van der Waals surface area (Å²) >= 11 is 18.7. The molecule has 0 spiro atoms. The van der Waals surface area contributed by atoms with Crippen LogP contribution in [-0.4, -0.2) is 28.3 Å². The highest BCUT2D eigenvalue weighted by Gasteiger charge is 2.39. The molecule has 0 bridgehead atoms. The Morgan fingerprint density at radius 3 is 2.36 bits per heavy atom. The molecule has 2 atom stereocenters. The summed E-state index contributed by atoms with van der Waals surface area (Å²) in [4.78, 5) is 9.58. The maximum Gasteiger partial charge on any atom is 0.419 e. The Morgan fingerprint density at radius 2 is 1.81 bits per heavy atom. The monoisotopic (exact) mass is 557 g/mol. The highest BCUT2D eigenvalue weighted by atomic mass is 35.5. The standard InChI is InChI=1S/C24H21Cl3F3N5O/c1-11-3-4-35(11)23-15(24(28,29)30)5-13(8-34-23)22(32)14-6-20(16(25)7-19(14)31)36-12(2)21-17(26)9-33-10-18(21)27/h5-12,32H,3-4,31H2,1-2H3/t11-,12-/m1/s1. The van der Waals surface area contributed by atoms with E-state index in [4.69, 9.17) is 50.7 Å². The maximum atomic E-state index is 13.9. The fraction of sp³-hybridized carbons (Fsp3) is 0.292. The van der Waals surface area contributed by atoms with Gasteiger partial charge in [0.05, 0.1) is 26.3 Å². The van der Waals surface area contributed by atoms with Gasteiger partial charge in [-0.1, -0.05) is 34.8 Å². The van der Waals surface area contributed by atoms with E-state index >= 15 is 0 Å². The number of pyridine rings is 2. The number of nitrogen functional groups attached to an aromatic ring is 1. The Morgan fingerprint density at radius 1 is 1.14 bits per heavy atom. The van der Waals surface area contributed by atoms with Crippen molar-refractivity contribution in [3.8, 4) is 5.75 Å². The van der Waals surface area contributed by atoms with Gasteiger partial charge in [0.2, 0.25) is 0 Å². The molecule has 0 radical (unpaired) electrons. The molecule has 0 saturated carbocycles. The van der Waals surface area contributed by atoms with Gasteiger partial charge in [0.15, 0.2) is 0 Å². The Hall–Kier alpha value is -2.75. The van der Waals surface area contributed by atoms with E-state index < -0.39 is 17.8 Å². The lowest BCUT2D eigenvalue weighted by molar-refractivity contribution is -0.137. The van der Waals surface area contributed by atoms with Crippen LogP contribution in [0.4, 0.5) is 24.7 Å². The number of benzene rings is 1. The number of halogens is 6. The van der Waals surface area contributed by atoms with Crippen molar-refractivity contribution < 1.29 is 17.9 Å². The number of aromatic nitrogens is 2. The van der Waals surface area contributed by atoms with Gasteiger partial charge in [-0.05, 0) is 38.5 Å². The molecule has 0 unspecified atom stereocenters. The fourth-order valence-corrected chi connectivity index (χ4v) is 4.84. The summed E-state index contributed by atoms with van der Waals surface area (Å²) in [6.45, 7) is 4.02. The Labute approximate surface area is 220 Å².